The predicted molar refractivity (Wildman–Crippen MR) is 126 cm³/mol. The fourth-order valence-electron chi connectivity index (χ4n) is 5.13. The Bertz CT molecular complexity index is 1390. The molecule has 1 saturated heterocycles. The summed E-state index contributed by atoms with van der Waals surface area (Å²) in [5.74, 6) is 1.06. The normalized spacial score (nSPS) is 20.4. The summed E-state index contributed by atoms with van der Waals surface area (Å²) in [6.07, 6.45) is 8.32. The van der Waals surface area contributed by atoms with Gasteiger partial charge >= 0.3 is 0 Å². The predicted octanol–water partition coefficient (Wildman–Crippen LogP) is 2.89. The van der Waals surface area contributed by atoms with Crippen LogP contribution in [0.3, 0.4) is 0 Å². The lowest BCUT2D eigenvalue weighted by Crippen LogP contribution is -2.45. The van der Waals surface area contributed by atoms with E-state index in [1.54, 1.807) is 41.3 Å². The second-order valence-electron chi connectivity index (χ2n) is 9.25. The maximum absolute atomic E-state index is 12.8. The monoisotopic (exact) mass is 455 g/mol. The topological polar surface area (TPSA) is 88.6 Å². The van der Waals surface area contributed by atoms with E-state index in [2.05, 4.69) is 22.0 Å². The van der Waals surface area contributed by atoms with Crippen molar-refractivity contribution in [2.75, 3.05) is 24.5 Å². The number of hydrogen-bond acceptors (Lipinski definition) is 6. The van der Waals surface area contributed by atoms with E-state index in [9.17, 15) is 9.59 Å². The first kappa shape index (κ1) is 20.6. The molecular formula is C25H25N7O2. The molecule has 2 aliphatic heterocycles. The third-order valence-corrected chi connectivity index (χ3v) is 7.05. The molecular weight excluding hydrogens is 430 g/mol. The maximum Gasteiger partial charge on any atom is 0.261 e. The highest BCUT2D eigenvalue weighted by atomic mass is 16.2. The van der Waals surface area contributed by atoms with Gasteiger partial charge < -0.3 is 4.90 Å². The van der Waals surface area contributed by atoms with Crippen LogP contribution in [0.2, 0.25) is 0 Å². The number of benzene rings is 1. The number of hydrogen-bond donors (Lipinski definition) is 0. The van der Waals surface area contributed by atoms with Crippen LogP contribution in [0.4, 0.5) is 5.82 Å². The SMILES string of the molecule is CC1CN(c2nc(-c3cnn(C)c3)cn3nccc23)CCC1CN1C(=O)c2ccccc2C1=O. The number of carbonyl (C=O) groups excluding carboxylic acids is 2. The summed E-state index contributed by atoms with van der Waals surface area (Å²) >= 11 is 0. The fraction of sp³-hybridized carbons (Fsp3) is 0.320. The first-order chi connectivity index (χ1) is 16.5. The molecule has 0 bridgehead atoms. The minimum Gasteiger partial charge on any atom is -0.355 e. The molecule has 0 spiro atoms. The van der Waals surface area contributed by atoms with Gasteiger partial charge in [0.2, 0.25) is 0 Å². The smallest absolute Gasteiger partial charge is 0.261 e. The summed E-state index contributed by atoms with van der Waals surface area (Å²) in [4.78, 5) is 34.4. The first-order valence-electron chi connectivity index (χ1n) is 11.5. The molecule has 2 aliphatic rings. The van der Waals surface area contributed by atoms with Crippen molar-refractivity contribution in [2.24, 2.45) is 18.9 Å². The van der Waals surface area contributed by atoms with Crippen molar-refractivity contribution >= 4 is 23.1 Å². The van der Waals surface area contributed by atoms with Crippen LogP contribution in [0.5, 0.6) is 0 Å². The van der Waals surface area contributed by atoms with Gasteiger partial charge in [0, 0.05) is 38.4 Å². The van der Waals surface area contributed by atoms with Crippen LogP contribution in [0.1, 0.15) is 34.1 Å². The van der Waals surface area contributed by atoms with Crippen molar-refractivity contribution in [1.82, 2.24) is 29.3 Å². The second-order valence-corrected chi connectivity index (χ2v) is 9.25. The Hall–Kier alpha value is -4.01. The number of anilines is 1. The lowest BCUT2D eigenvalue weighted by molar-refractivity contribution is 0.0603. The molecule has 2 atom stereocenters. The molecule has 1 fully saturated rings. The number of fused-ring (bicyclic) bond motifs is 2. The van der Waals surface area contributed by atoms with Crippen molar-refractivity contribution in [3.8, 4) is 11.3 Å². The number of amides is 2. The second kappa shape index (κ2) is 7.79. The van der Waals surface area contributed by atoms with Crippen LogP contribution in [-0.2, 0) is 7.05 Å². The van der Waals surface area contributed by atoms with Crippen molar-refractivity contribution < 1.29 is 9.59 Å². The fourth-order valence-corrected chi connectivity index (χ4v) is 5.13. The lowest BCUT2D eigenvalue weighted by Gasteiger charge is -2.39. The van der Waals surface area contributed by atoms with Gasteiger partial charge in [0.25, 0.3) is 11.8 Å². The van der Waals surface area contributed by atoms with Gasteiger partial charge in [-0.1, -0.05) is 19.1 Å². The summed E-state index contributed by atoms with van der Waals surface area (Å²) < 4.78 is 3.62. The molecule has 0 N–H and O–H groups in total. The van der Waals surface area contributed by atoms with E-state index >= 15 is 0 Å². The summed E-state index contributed by atoms with van der Waals surface area (Å²) in [6.45, 7) is 4.22. The highest BCUT2D eigenvalue weighted by molar-refractivity contribution is 6.21. The molecule has 2 unspecified atom stereocenters. The van der Waals surface area contributed by atoms with E-state index in [1.165, 1.54) is 4.90 Å². The summed E-state index contributed by atoms with van der Waals surface area (Å²) in [6, 6.07) is 9.06. The third kappa shape index (κ3) is 3.27. The molecule has 172 valence electrons. The lowest BCUT2D eigenvalue weighted by atomic mass is 9.86. The summed E-state index contributed by atoms with van der Waals surface area (Å²) in [7, 11) is 1.89. The van der Waals surface area contributed by atoms with E-state index in [-0.39, 0.29) is 23.7 Å². The van der Waals surface area contributed by atoms with Gasteiger partial charge in [-0.25, -0.2) is 9.50 Å². The molecule has 2 amide bonds. The molecule has 9 heteroatoms. The van der Waals surface area contributed by atoms with Crippen molar-refractivity contribution in [2.45, 2.75) is 13.3 Å². The Morgan fingerprint density at radius 3 is 2.47 bits per heavy atom. The van der Waals surface area contributed by atoms with Gasteiger partial charge in [-0.2, -0.15) is 10.2 Å². The molecule has 1 aromatic carbocycles. The summed E-state index contributed by atoms with van der Waals surface area (Å²) in [5.41, 5.74) is 3.74. The standard InChI is InChI=1S/C25H25N7O2/c1-16-12-30(10-8-17(16)14-31-24(33)19-5-3-4-6-20(19)25(31)34)23-22-7-9-26-32(22)15-21(28-23)18-11-27-29(2)13-18/h3-7,9,11,13,15-17H,8,10,12,14H2,1-2H3. The molecule has 5 heterocycles. The van der Waals surface area contributed by atoms with Crippen molar-refractivity contribution in [3.63, 3.8) is 0 Å². The van der Waals surface area contributed by atoms with Gasteiger partial charge in [-0.15, -0.1) is 0 Å². The average molecular weight is 456 g/mol. The van der Waals surface area contributed by atoms with Crippen molar-refractivity contribution in [1.29, 1.82) is 0 Å². The van der Waals surface area contributed by atoms with Crippen LogP contribution in [-0.4, -0.2) is 60.7 Å². The zero-order valence-electron chi connectivity index (χ0n) is 19.1. The van der Waals surface area contributed by atoms with E-state index in [0.29, 0.717) is 17.7 Å². The Balaban J connectivity index is 1.23. The number of aromatic nitrogens is 5. The number of piperidine rings is 1. The molecule has 4 aromatic rings. The Labute approximate surface area is 196 Å². The van der Waals surface area contributed by atoms with Crippen LogP contribution in [0.15, 0.2) is 55.1 Å². The Morgan fingerprint density at radius 1 is 1.03 bits per heavy atom. The average Bonchev–Trinajstić information content (AvgIpc) is 3.55. The van der Waals surface area contributed by atoms with Crippen LogP contribution < -0.4 is 4.90 Å². The molecule has 9 nitrogen and oxygen atoms in total. The van der Waals surface area contributed by atoms with E-state index < -0.39 is 0 Å². The minimum absolute atomic E-state index is 0.179. The maximum atomic E-state index is 12.8. The van der Waals surface area contributed by atoms with E-state index in [0.717, 1.165) is 42.1 Å². The zero-order chi connectivity index (χ0) is 23.4. The van der Waals surface area contributed by atoms with Crippen molar-refractivity contribution in [3.05, 3.63) is 66.2 Å². The molecule has 0 aliphatic carbocycles. The highest BCUT2D eigenvalue weighted by Gasteiger charge is 2.38. The zero-order valence-corrected chi connectivity index (χ0v) is 19.1. The third-order valence-electron chi connectivity index (χ3n) is 7.05. The first-order valence-corrected chi connectivity index (χ1v) is 11.5. The Morgan fingerprint density at radius 2 is 1.79 bits per heavy atom. The van der Waals surface area contributed by atoms with Crippen LogP contribution in [0.25, 0.3) is 16.8 Å². The van der Waals surface area contributed by atoms with Gasteiger partial charge in [0.15, 0.2) is 5.82 Å². The minimum atomic E-state index is -0.179. The van der Waals surface area contributed by atoms with Gasteiger partial charge in [-0.3, -0.25) is 19.2 Å². The molecule has 0 saturated carbocycles. The van der Waals surface area contributed by atoms with E-state index in [4.69, 9.17) is 4.98 Å². The van der Waals surface area contributed by atoms with Crippen LogP contribution >= 0.6 is 0 Å². The van der Waals surface area contributed by atoms with Gasteiger partial charge in [-0.05, 0) is 36.5 Å². The van der Waals surface area contributed by atoms with Gasteiger partial charge in [0.05, 0.1) is 35.4 Å². The molecule has 3 aromatic heterocycles. The largest absolute Gasteiger partial charge is 0.355 e. The number of carbonyl (C=O) groups is 2. The molecule has 34 heavy (non-hydrogen) atoms. The Kier molecular flexibility index (Phi) is 4.72. The van der Waals surface area contributed by atoms with Crippen LogP contribution in [0, 0.1) is 11.8 Å². The van der Waals surface area contributed by atoms with Gasteiger partial charge in [0.1, 0.15) is 5.52 Å². The quantitative estimate of drug-likeness (QED) is 0.440. The number of rotatable bonds is 4. The number of aryl methyl sites for hydroxylation is 1. The highest BCUT2D eigenvalue weighted by Crippen LogP contribution is 2.33. The number of nitrogens with zero attached hydrogens (tertiary/aromatic N) is 7. The molecule has 0 radical (unpaired) electrons. The van der Waals surface area contributed by atoms with E-state index in [1.807, 2.05) is 30.0 Å². The molecule has 6 rings (SSSR count). The summed E-state index contributed by atoms with van der Waals surface area (Å²) in [5, 5.41) is 8.72. The number of imide groups is 1.